The number of carbonyl (C=O) groups excluding carboxylic acids is 2. The lowest BCUT2D eigenvalue weighted by atomic mass is 10.1. The Kier molecular flexibility index (Phi) is 10.6. The molecule has 0 unspecified atom stereocenters. The van der Waals surface area contributed by atoms with Crippen molar-refractivity contribution in [3.05, 3.63) is 65.2 Å². The van der Waals surface area contributed by atoms with Gasteiger partial charge in [0.15, 0.2) is 0 Å². The predicted octanol–water partition coefficient (Wildman–Crippen LogP) is 4.96. The highest BCUT2D eigenvalue weighted by atomic mass is 32.2. The van der Waals surface area contributed by atoms with Gasteiger partial charge in [-0.05, 0) is 55.5 Å². The molecule has 0 saturated heterocycles. The van der Waals surface area contributed by atoms with Crippen LogP contribution in [-0.4, -0.2) is 41.7 Å². The molecule has 32 heavy (non-hydrogen) atoms. The minimum atomic E-state index is -0.488. The second-order valence-corrected chi connectivity index (χ2v) is 9.02. The van der Waals surface area contributed by atoms with Crippen molar-refractivity contribution in [1.29, 1.82) is 0 Å². The van der Waals surface area contributed by atoms with Crippen LogP contribution in [0.5, 0.6) is 5.75 Å². The van der Waals surface area contributed by atoms with Crippen LogP contribution in [0.3, 0.4) is 0 Å². The number of nitrogens with one attached hydrogen (secondary N) is 1. The van der Waals surface area contributed by atoms with Crippen molar-refractivity contribution >= 4 is 23.6 Å². The highest BCUT2D eigenvalue weighted by molar-refractivity contribution is 7.99. The molecule has 174 valence electrons. The van der Waals surface area contributed by atoms with E-state index in [4.69, 9.17) is 4.74 Å². The highest BCUT2D eigenvalue weighted by Gasteiger charge is 2.29. The fraction of sp³-hybridized carbons (Fsp3) is 0.462. The number of ether oxygens (including phenoxy) is 1. The number of benzene rings is 2. The van der Waals surface area contributed by atoms with Gasteiger partial charge >= 0.3 is 0 Å². The summed E-state index contributed by atoms with van der Waals surface area (Å²) in [4.78, 5) is 28.1. The van der Waals surface area contributed by atoms with Crippen molar-refractivity contribution in [2.24, 2.45) is 0 Å². The number of rotatable bonds is 12. The Morgan fingerprint density at radius 3 is 2.34 bits per heavy atom. The molecular formula is C26H36N2O3S. The van der Waals surface area contributed by atoms with E-state index in [0.29, 0.717) is 18.7 Å². The van der Waals surface area contributed by atoms with Crippen LogP contribution < -0.4 is 10.1 Å². The number of carbonyl (C=O) groups is 2. The van der Waals surface area contributed by atoms with E-state index in [1.807, 2.05) is 76.2 Å². The van der Waals surface area contributed by atoms with E-state index in [2.05, 4.69) is 5.32 Å². The second kappa shape index (κ2) is 13.2. The quantitative estimate of drug-likeness (QED) is 0.490. The lowest BCUT2D eigenvalue weighted by Crippen LogP contribution is -2.51. The summed E-state index contributed by atoms with van der Waals surface area (Å²) in [6, 6.07) is 15.5. The topological polar surface area (TPSA) is 58.6 Å². The Morgan fingerprint density at radius 2 is 1.75 bits per heavy atom. The van der Waals surface area contributed by atoms with E-state index in [1.165, 1.54) is 0 Å². The van der Waals surface area contributed by atoms with Gasteiger partial charge in [-0.1, -0.05) is 50.2 Å². The summed E-state index contributed by atoms with van der Waals surface area (Å²) in [6.45, 7) is 8.46. The third-order valence-electron chi connectivity index (χ3n) is 5.64. The zero-order valence-electron chi connectivity index (χ0n) is 19.9. The van der Waals surface area contributed by atoms with E-state index < -0.39 is 6.04 Å². The summed E-state index contributed by atoms with van der Waals surface area (Å²) in [5, 5.41) is 3.06. The predicted molar refractivity (Wildman–Crippen MR) is 133 cm³/mol. The van der Waals surface area contributed by atoms with Gasteiger partial charge < -0.3 is 15.0 Å². The van der Waals surface area contributed by atoms with Gasteiger partial charge in [0.2, 0.25) is 11.8 Å². The molecule has 0 aliphatic heterocycles. The van der Waals surface area contributed by atoms with E-state index in [-0.39, 0.29) is 17.9 Å². The van der Waals surface area contributed by atoms with Gasteiger partial charge in [-0.15, -0.1) is 11.8 Å². The van der Waals surface area contributed by atoms with Gasteiger partial charge in [0.05, 0.1) is 12.9 Å². The van der Waals surface area contributed by atoms with Gasteiger partial charge in [-0.3, -0.25) is 9.59 Å². The third-order valence-corrected chi connectivity index (χ3v) is 6.63. The van der Waals surface area contributed by atoms with Crippen LogP contribution >= 0.6 is 11.8 Å². The SMILES string of the molecule is CC[C@@H](C)NC(=O)[C@@H](CC)N(Cc1ccccc1C)C(=O)CSCc1ccc(OC)cc1. The molecule has 2 rings (SSSR count). The Hall–Kier alpha value is -2.47. The number of hydrogen-bond donors (Lipinski definition) is 1. The molecule has 1 N–H and O–H groups in total. The Labute approximate surface area is 196 Å². The zero-order valence-corrected chi connectivity index (χ0v) is 20.7. The minimum Gasteiger partial charge on any atom is -0.497 e. The lowest BCUT2D eigenvalue weighted by Gasteiger charge is -2.32. The van der Waals surface area contributed by atoms with Gasteiger partial charge in [0.25, 0.3) is 0 Å². The maximum Gasteiger partial charge on any atom is 0.243 e. The smallest absolute Gasteiger partial charge is 0.243 e. The number of thioether (sulfide) groups is 1. The zero-order chi connectivity index (χ0) is 23.5. The summed E-state index contributed by atoms with van der Waals surface area (Å²) in [6.07, 6.45) is 1.43. The molecule has 0 radical (unpaired) electrons. The molecule has 0 aromatic heterocycles. The van der Waals surface area contributed by atoms with Crippen molar-refractivity contribution in [3.8, 4) is 5.75 Å². The molecule has 0 spiro atoms. The summed E-state index contributed by atoms with van der Waals surface area (Å²) in [5.74, 6) is 1.77. The Bertz CT molecular complexity index is 870. The average Bonchev–Trinajstić information content (AvgIpc) is 2.80. The lowest BCUT2D eigenvalue weighted by molar-refractivity contribution is -0.139. The minimum absolute atomic E-state index is 0.0158. The molecule has 0 aliphatic rings. The largest absolute Gasteiger partial charge is 0.497 e. The molecule has 0 fully saturated rings. The standard InChI is InChI=1S/C26H36N2O3S/c1-6-20(4)27-26(30)24(7-2)28(16-22-11-9-8-10-19(22)3)25(29)18-32-17-21-12-14-23(31-5)15-13-21/h8-15,20,24H,6-7,16-18H2,1-5H3,(H,27,30)/t20-,24-/m1/s1. The van der Waals surface area contributed by atoms with Crippen LogP contribution in [0.25, 0.3) is 0 Å². The van der Waals surface area contributed by atoms with Gasteiger partial charge in [-0.25, -0.2) is 0 Å². The number of nitrogens with zero attached hydrogens (tertiary/aromatic N) is 1. The van der Waals surface area contributed by atoms with Crippen molar-refractivity contribution < 1.29 is 14.3 Å². The number of hydrogen-bond acceptors (Lipinski definition) is 4. The first kappa shape index (κ1) is 25.8. The van der Waals surface area contributed by atoms with Crippen molar-refractivity contribution in [2.45, 2.75) is 64.9 Å². The van der Waals surface area contributed by atoms with Crippen LogP contribution in [0, 0.1) is 6.92 Å². The Balaban J connectivity index is 2.13. The van der Waals surface area contributed by atoms with E-state index >= 15 is 0 Å². The first-order valence-electron chi connectivity index (χ1n) is 11.2. The normalized spacial score (nSPS) is 12.7. The van der Waals surface area contributed by atoms with Crippen LogP contribution in [0.2, 0.25) is 0 Å². The molecule has 0 saturated carbocycles. The number of methoxy groups -OCH3 is 1. The molecule has 0 bridgehead atoms. The molecule has 0 aliphatic carbocycles. The van der Waals surface area contributed by atoms with Crippen LogP contribution in [0.15, 0.2) is 48.5 Å². The van der Waals surface area contributed by atoms with Crippen LogP contribution in [-0.2, 0) is 21.9 Å². The third kappa shape index (κ3) is 7.59. The van der Waals surface area contributed by atoms with Gasteiger partial charge in [-0.2, -0.15) is 0 Å². The van der Waals surface area contributed by atoms with E-state index in [0.717, 1.165) is 34.6 Å². The first-order valence-corrected chi connectivity index (χ1v) is 12.4. The van der Waals surface area contributed by atoms with Crippen molar-refractivity contribution in [1.82, 2.24) is 10.2 Å². The molecule has 2 atom stereocenters. The molecule has 6 heteroatoms. The van der Waals surface area contributed by atoms with Gasteiger partial charge in [0, 0.05) is 18.3 Å². The Morgan fingerprint density at radius 1 is 1.06 bits per heavy atom. The van der Waals surface area contributed by atoms with E-state index in [1.54, 1.807) is 23.8 Å². The van der Waals surface area contributed by atoms with Crippen LogP contribution in [0.1, 0.15) is 50.3 Å². The molecular weight excluding hydrogens is 420 g/mol. The molecule has 2 aromatic carbocycles. The maximum absolute atomic E-state index is 13.3. The summed E-state index contributed by atoms with van der Waals surface area (Å²) >= 11 is 1.57. The molecule has 5 nitrogen and oxygen atoms in total. The first-order chi connectivity index (χ1) is 15.4. The van der Waals surface area contributed by atoms with Crippen molar-refractivity contribution in [3.63, 3.8) is 0 Å². The summed E-state index contributed by atoms with van der Waals surface area (Å²) in [7, 11) is 1.65. The average molecular weight is 457 g/mol. The maximum atomic E-state index is 13.3. The van der Waals surface area contributed by atoms with Gasteiger partial charge in [0.1, 0.15) is 11.8 Å². The highest BCUT2D eigenvalue weighted by Crippen LogP contribution is 2.20. The fourth-order valence-electron chi connectivity index (χ4n) is 3.39. The monoisotopic (exact) mass is 456 g/mol. The molecule has 0 heterocycles. The fourth-order valence-corrected chi connectivity index (χ4v) is 4.26. The summed E-state index contributed by atoms with van der Waals surface area (Å²) < 4.78 is 5.20. The second-order valence-electron chi connectivity index (χ2n) is 8.03. The molecule has 2 amide bonds. The summed E-state index contributed by atoms with van der Waals surface area (Å²) in [5.41, 5.74) is 3.32. The molecule has 2 aromatic rings. The number of amides is 2. The van der Waals surface area contributed by atoms with Crippen LogP contribution in [0.4, 0.5) is 0 Å². The van der Waals surface area contributed by atoms with Crippen molar-refractivity contribution in [2.75, 3.05) is 12.9 Å². The number of aryl methyl sites for hydroxylation is 1. The van der Waals surface area contributed by atoms with E-state index in [9.17, 15) is 9.59 Å².